The van der Waals surface area contributed by atoms with Crippen molar-refractivity contribution < 1.29 is 4.74 Å². The molecule has 4 heteroatoms. The van der Waals surface area contributed by atoms with Crippen LogP contribution in [0.1, 0.15) is 38.8 Å². The maximum absolute atomic E-state index is 6.38. The Bertz CT molecular complexity index is 857. The monoisotopic (exact) mass is 349 g/mol. The van der Waals surface area contributed by atoms with E-state index in [1.54, 1.807) is 0 Å². The van der Waals surface area contributed by atoms with Gasteiger partial charge in [-0.3, -0.25) is 4.98 Å². The summed E-state index contributed by atoms with van der Waals surface area (Å²) in [5, 5.41) is 1.17. The normalized spacial score (nSPS) is 22.5. The number of pyridine rings is 1. The smallest absolute Gasteiger partial charge is 0.0946 e. The van der Waals surface area contributed by atoms with Crippen molar-refractivity contribution in [3.05, 3.63) is 60.8 Å². The minimum Gasteiger partial charge on any atom is -0.372 e. The summed E-state index contributed by atoms with van der Waals surface area (Å²) in [7, 11) is 0. The Morgan fingerprint density at radius 2 is 2.08 bits per heavy atom. The molecule has 2 unspecified atom stereocenters. The second-order valence-electron chi connectivity index (χ2n) is 8.27. The standard InChI is InChI=1S/C22H27N3O/c1-22(2)10-9-21(18(13-22)14-25-12-11-23-16-25)26-15-19-8-7-17-5-3-4-6-20(17)24-19/h3-8,11-12,16,18,21H,9-10,13-15H2,1-2H3. The second-order valence-corrected chi connectivity index (χ2v) is 8.27. The molecule has 136 valence electrons. The molecule has 1 aliphatic rings. The predicted molar refractivity (Wildman–Crippen MR) is 104 cm³/mol. The zero-order chi connectivity index (χ0) is 18.0. The van der Waals surface area contributed by atoms with Crippen LogP contribution in [0, 0.1) is 11.3 Å². The van der Waals surface area contributed by atoms with Crippen LogP contribution in [-0.4, -0.2) is 20.6 Å². The first-order valence-electron chi connectivity index (χ1n) is 9.51. The molecule has 2 aromatic heterocycles. The van der Waals surface area contributed by atoms with Gasteiger partial charge in [-0.1, -0.05) is 38.1 Å². The van der Waals surface area contributed by atoms with Gasteiger partial charge < -0.3 is 9.30 Å². The third-order valence-corrected chi connectivity index (χ3v) is 5.55. The SMILES string of the molecule is CC1(C)CCC(OCc2ccc3ccccc3n2)C(Cn2ccnc2)C1. The van der Waals surface area contributed by atoms with Gasteiger partial charge in [0.15, 0.2) is 0 Å². The Balaban J connectivity index is 1.45. The summed E-state index contributed by atoms with van der Waals surface area (Å²) < 4.78 is 8.55. The first kappa shape index (κ1) is 17.2. The summed E-state index contributed by atoms with van der Waals surface area (Å²) in [5.41, 5.74) is 2.43. The van der Waals surface area contributed by atoms with E-state index in [0.29, 0.717) is 17.9 Å². The van der Waals surface area contributed by atoms with E-state index in [0.717, 1.165) is 24.2 Å². The van der Waals surface area contributed by atoms with Crippen molar-refractivity contribution in [3.8, 4) is 0 Å². The minimum absolute atomic E-state index is 0.277. The molecule has 2 heterocycles. The lowest BCUT2D eigenvalue weighted by molar-refractivity contribution is -0.0527. The molecule has 26 heavy (non-hydrogen) atoms. The van der Waals surface area contributed by atoms with Crippen molar-refractivity contribution in [2.75, 3.05) is 0 Å². The quantitative estimate of drug-likeness (QED) is 0.661. The molecule has 4 rings (SSSR count). The van der Waals surface area contributed by atoms with E-state index in [9.17, 15) is 0 Å². The molecule has 1 saturated carbocycles. The van der Waals surface area contributed by atoms with Gasteiger partial charge in [-0.25, -0.2) is 4.98 Å². The van der Waals surface area contributed by atoms with Crippen LogP contribution in [0.5, 0.6) is 0 Å². The van der Waals surface area contributed by atoms with E-state index in [1.165, 1.54) is 18.2 Å². The number of fused-ring (bicyclic) bond motifs is 1. The third kappa shape index (κ3) is 3.96. The maximum Gasteiger partial charge on any atom is 0.0946 e. The van der Waals surface area contributed by atoms with Gasteiger partial charge in [-0.05, 0) is 36.8 Å². The van der Waals surface area contributed by atoms with Gasteiger partial charge in [0.1, 0.15) is 0 Å². The summed E-state index contributed by atoms with van der Waals surface area (Å²) in [6, 6.07) is 12.4. The number of aromatic nitrogens is 3. The number of para-hydroxylation sites is 1. The van der Waals surface area contributed by atoms with Crippen LogP contribution < -0.4 is 0 Å². The maximum atomic E-state index is 6.38. The Kier molecular flexibility index (Phi) is 4.77. The van der Waals surface area contributed by atoms with Crippen LogP contribution >= 0.6 is 0 Å². The van der Waals surface area contributed by atoms with Crippen molar-refractivity contribution in [2.45, 2.75) is 52.4 Å². The summed E-state index contributed by atoms with van der Waals surface area (Å²) in [6.07, 6.45) is 9.58. The number of hydrogen-bond acceptors (Lipinski definition) is 3. The van der Waals surface area contributed by atoms with Gasteiger partial charge in [0, 0.05) is 30.2 Å². The second kappa shape index (κ2) is 7.20. The van der Waals surface area contributed by atoms with Crippen molar-refractivity contribution in [2.24, 2.45) is 11.3 Å². The zero-order valence-electron chi connectivity index (χ0n) is 15.6. The fraction of sp³-hybridized carbons (Fsp3) is 0.455. The van der Waals surface area contributed by atoms with E-state index in [1.807, 2.05) is 30.9 Å². The highest BCUT2D eigenvalue weighted by molar-refractivity contribution is 5.78. The third-order valence-electron chi connectivity index (χ3n) is 5.55. The highest BCUT2D eigenvalue weighted by Crippen LogP contribution is 2.40. The molecule has 0 saturated heterocycles. The fourth-order valence-corrected chi connectivity index (χ4v) is 4.16. The van der Waals surface area contributed by atoms with Crippen LogP contribution in [0.2, 0.25) is 0 Å². The molecule has 0 N–H and O–H groups in total. The summed E-state index contributed by atoms with van der Waals surface area (Å²) >= 11 is 0. The van der Waals surface area contributed by atoms with Gasteiger partial charge in [-0.2, -0.15) is 0 Å². The number of imidazole rings is 1. The molecule has 0 radical (unpaired) electrons. The molecule has 0 bridgehead atoms. The highest BCUT2D eigenvalue weighted by Gasteiger charge is 2.35. The van der Waals surface area contributed by atoms with Crippen molar-refractivity contribution in [1.29, 1.82) is 0 Å². The van der Waals surface area contributed by atoms with Crippen LogP contribution in [0.4, 0.5) is 0 Å². The fourth-order valence-electron chi connectivity index (χ4n) is 4.16. The molecule has 0 spiro atoms. The average molecular weight is 349 g/mol. The van der Waals surface area contributed by atoms with Crippen LogP contribution in [0.25, 0.3) is 10.9 Å². The summed E-state index contributed by atoms with van der Waals surface area (Å²) in [4.78, 5) is 8.93. The van der Waals surface area contributed by atoms with Crippen LogP contribution in [-0.2, 0) is 17.9 Å². The van der Waals surface area contributed by atoms with E-state index >= 15 is 0 Å². The topological polar surface area (TPSA) is 39.9 Å². The molecule has 2 atom stereocenters. The van der Waals surface area contributed by atoms with Crippen molar-refractivity contribution in [1.82, 2.24) is 14.5 Å². The molecule has 1 aromatic carbocycles. The van der Waals surface area contributed by atoms with Crippen molar-refractivity contribution >= 4 is 10.9 Å². The number of hydrogen-bond donors (Lipinski definition) is 0. The van der Waals surface area contributed by atoms with Gasteiger partial charge >= 0.3 is 0 Å². The predicted octanol–water partition coefficient (Wildman–Crippen LogP) is 4.84. The summed E-state index contributed by atoms with van der Waals surface area (Å²) in [6.45, 7) is 6.29. The molecule has 1 aliphatic carbocycles. The molecule has 4 nitrogen and oxygen atoms in total. The number of benzene rings is 1. The zero-order valence-corrected chi connectivity index (χ0v) is 15.6. The summed E-state index contributed by atoms with van der Waals surface area (Å²) in [5.74, 6) is 0.508. The molecular formula is C22H27N3O. The molecule has 0 amide bonds. The van der Waals surface area contributed by atoms with Gasteiger partial charge in [-0.15, -0.1) is 0 Å². The Labute approximate surface area is 155 Å². The molecule has 0 aliphatic heterocycles. The van der Waals surface area contributed by atoms with E-state index in [-0.39, 0.29) is 6.10 Å². The van der Waals surface area contributed by atoms with E-state index < -0.39 is 0 Å². The highest BCUT2D eigenvalue weighted by atomic mass is 16.5. The Hall–Kier alpha value is -2.20. The van der Waals surface area contributed by atoms with Crippen LogP contribution in [0.15, 0.2) is 55.1 Å². The Morgan fingerprint density at radius 1 is 1.19 bits per heavy atom. The largest absolute Gasteiger partial charge is 0.372 e. The first-order valence-corrected chi connectivity index (χ1v) is 9.51. The van der Waals surface area contributed by atoms with Gasteiger partial charge in [0.2, 0.25) is 0 Å². The number of rotatable bonds is 5. The first-order chi connectivity index (χ1) is 12.6. The van der Waals surface area contributed by atoms with Crippen molar-refractivity contribution in [3.63, 3.8) is 0 Å². The lowest BCUT2D eigenvalue weighted by atomic mass is 9.70. The molecular weight excluding hydrogens is 322 g/mol. The van der Waals surface area contributed by atoms with Gasteiger partial charge in [0.25, 0.3) is 0 Å². The Morgan fingerprint density at radius 3 is 2.92 bits per heavy atom. The van der Waals surface area contributed by atoms with Crippen LogP contribution in [0.3, 0.4) is 0 Å². The van der Waals surface area contributed by atoms with E-state index in [4.69, 9.17) is 9.72 Å². The average Bonchev–Trinajstić information content (AvgIpc) is 3.13. The molecule has 1 fully saturated rings. The lowest BCUT2D eigenvalue weighted by Gasteiger charge is -2.40. The van der Waals surface area contributed by atoms with Gasteiger partial charge in [0.05, 0.1) is 30.2 Å². The lowest BCUT2D eigenvalue weighted by Crippen LogP contribution is -2.37. The number of ether oxygens (including phenoxy) is 1. The number of nitrogens with zero attached hydrogens (tertiary/aromatic N) is 3. The molecule has 3 aromatic rings. The van der Waals surface area contributed by atoms with E-state index in [2.05, 4.69) is 47.7 Å². The minimum atomic E-state index is 0.277.